The zero-order chi connectivity index (χ0) is 24.4. The number of aromatic nitrogens is 1. The molecule has 1 aromatic heterocycles. The number of carbonyl (C=O) groups excluding carboxylic acids is 1. The highest BCUT2D eigenvalue weighted by molar-refractivity contribution is 6.03. The maximum absolute atomic E-state index is 13.2. The number of H-pyrrole nitrogens is 1. The Morgan fingerprint density at radius 2 is 2.03 bits per heavy atom. The molecule has 1 aliphatic rings. The number of nitrogen functional groups attached to an aromatic ring is 1. The van der Waals surface area contributed by atoms with E-state index < -0.39 is 5.82 Å². The molecule has 1 aliphatic carbocycles. The van der Waals surface area contributed by atoms with Gasteiger partial charge in [0, 0.05) is 28.7 Å². The van der Waals surface area contributed by atoms with E-state index in [1.165, 1.54) is 57.6 Å². The zero-order valence-corrected chi connectivity index (χ0v) is 19.7. The quantitative estimate of drug-likeness (QED) is 0.208. The van der Waals surface area contributed by atoms with E-state index in [0.29, 0.717) is 11.7 Å². The monoisotopic (exact) mass is 468 g/mol. The molecule has 0 spiro atoms. The number of nitrogens with one attached hydrogen (secondary N) is 3. The summed E-state index contributed by atoms with van der Waals surface area (Å²) >= 11 is 0. The van der Waals surface area contributed by atoms with Gasteiger partial charge >= 0.3 is 0 Å². The van der Waals surface area contributed by atoms with Gasteiger partial charge in [-0.05, 0) is 85.3 Å². The first-order valence-corrected chi connectivity index (χ1v) is 11.9. The number of fused-ring (bicyclic) bond motifs is 2. The Hall–Kier alpha value is -3.90. The molecule has 3 aromatic carbocycles. The molecule has 35 heavy (non-hydrogen) atoms. The number of benzene rings is 3. The summed E-state index contributed by atoms with van der Waals surface area (Å²) < 4.78 is 13.2. The average Bonchev–Trinajstić information content (AvgIpc) is 3.39. The third kappa shape index (κ3) is 4.98. The van der Waals surface area contributed by atoms with Crippen molar-refractivity contribution in [3.05, 3.63) is 101 Å². The number of para-hydroxylation sites is 1. The molecule has 5 N–H and O–H groups in total. The van der Waals surface area contributed by atoms with Crippen molar-refractivity contribution in [2.75, 3.05) is 17.6 Å². The first-order valence-electron chi connectivity index (χ1n) is 11.9. The second-order valence-corrected chi connectivity index (χ2v) is 9.08. The molecular weight excluding hydrogens is 439 g/mol. The lowest BCUT2D eigenvalue weighted by atomic mass is 10.0. The predicted octanol–water partition coefficient (Wildman–Crippen LogP) is 5.67. The Kier molecular flexibility index (Phi) is 6.38. The van der Waals surface area contributed by atoms with Crippen molar-refractivity contribution in [3.8, 4) is 0 Å². The van der Waals surface area contributed by atoms with Gasteiger partial charge in [-0.1, -0.05) is 36.4 Å². The molecule has 1 amide bonds. The third-order valence-corrected chi connectivity index (χ3v) is 6.74. The first-order chi connectivity index (χ1) is 17.0. The molecule has 0 saturated heterocycles. The van der Waals surface area contributed by atoms with E-state index in [0.717, 1.165) is 31.4 Å². The van der Waals surface area contributed by atoms with E-state index in [-0.39, 0.29) is 11.6 Å². The largest absolute Gasteiger partial charge is 0.397 e. The molecule has 178 valence electrons. The van der Waals surface area contributed by atoms with E-state index in [1.54, 1.807) is 6.08 Å². The summed E-state index contributed by atoms with van der Waals surface area (Å²) in [5.41, 5.74) is 13.8. The lowest BCUT2D eigenvalue weighted by Gasteiger charge is -2.14. The SMILES string of the molecule is Cc1[nH]c2ccccc2c1CCNC1CCc2cc(/C=C/C(=O)Nc3ccc(F)cc3N)ccc21. The highest BCUT2D eigenvalue weighted by Crippen LogP contribution is 2.32. The van der Waals surface area contributed by atoms with Crippen molar-refractivity contribution < 1.29 is 9.18 Å². The van der Waals surface area contributed by atoms with Crippen LogP contribution < -0.4 is 16.4 Å². The van der Waals surface area contributed by atoms with Crippen LogP contribution in [0.25, 0.3) is 17.0 Å². The minimum Gasteiger partial charge on any atom is -0.397 e. The van der Waals surface area contributed by atoms with Gasteiger partial charge in [0.05, 0.1) is 11.4 Å². The van der Waals surface area contributed by atoms with Crippen LogP contribution in [0.1, 0.15) is 40.4 Å². The maximum atomic E-state index is 13.2. The summed E-state index contributed by atoms with van der Waals surface area (Å²) in [5.74, 6) is -0.744. The van der Waals surface area contributed by atoms with Gasteiger partial charge in [-0.3, -0.25) is 4.79 Å². The molecule has 1 unspecified atom stereocenters. The van der Waals surface area contributed by atoms with Crippen LogP contribution in [0.15, 0.2) is 66.7 Å². The van der Waals surface area contributed by atoms with Crippen LogP contribution in [0.3, 0.4) is 0 Å². The number of hydrogen-bond acceptors (Lipinski definition) is 3. The summed E-state index contributed by atoms with van der Waals surface area (Å²) in [6.07, 6.45) is 6.32. The molecular formula is C29H29FN4O. The number of amides is 1. The first kappa shape index (κ1) is 22.9. The Bertz CT molecular complexity index is 1420. The zero-order valence-electron chi connectivity index (χ0n) is 19.7. The molecule has 5 nitrogen and oxygen atoms in total. The second kappa shape index (κ2) is 9.76. The van der Waals surface area contributed by atoms with E-state index in [2.05, 4.69) is 58.9 Å². The van der Waals surface area contributed by atoms with Crippen LogP contribution in [-0.4, -0.2) is 17.4 Å². The highest BCUT2D eigenvalue weighted by atomic mass is 19.1. The molecule has 4 aromatic rings. The molecule has 0 fully saturated rings. The van der Waals surface area contributed by atoms with Crippen molar-refractivity contribution in [2.45, 2.75) is 32.2 Å². The molecule has 0 radical (unpaired) electrons. The molecule has 6 heteroatoms. The fourth-order valence-corrected chi connectivity index (χ4v) is 4.98. The van der Waals surface area contributed by atoms with Crippen LogP contribution in [0.2, 0.25) is 0 Å². The van der Waals surface area contributed by atoms with Gasteiger partial charge in [0.15, 0.2) is 0 Å². The van der Waals surface area contributed by atoms with Crippen molar-refractivity contribution in [1.82, 2.24) is 10.3 Å². The van der Waals surface area contributed by atoms with Crippen molar-refractivity contribution in [2.24, 2.45) is 0 Å². The number of nitrogens with two attached hydrogens (primary N) is 1. The summed E-state index contributed by atoms with van der Waals surface area (Å²) in [5, 5.41) is 7.73. The van der Waals surface area contributed by atoms with E-state index in [4.69, 9.17) is 5.73 Å². The minimum absolute atomic E-state index is 0.197. The lowest BCUT2D eigenvalue weighted by molar-refractivity contribution is -0.111. The third-order valence-electron chi connectivity index (χ3n) is 6.74. The number of hydrogen-bond donors (Lipinski definition) is 4. The van der Waals surface area contributed by atoms with Gasteiger partial charge in [0.25, 0.3) is 0 Å². The molecule has 1 heterocycles. The standard InChI is InChI=1S/C29H29FN4O/c1-18-22(24-4-2-3-5-27(24)33-18)14-15-32-26-11-8-20-16-19(6-10-23(20)26)7-13-29(35)34-28-12-9-21(30)17-25(28)31/h2-7,9-10,12-13,16-17,26,32-33H,8,11,14-15,31H2,1H3,(H,34,35)/b13-7+. The van der Waals surface area contributed by atoms with E-state index >= 15 is 0 Å². The second-order valence-electron chi connectivity index (χ2n) is 9.08. The van der Waals surface area contributed by atoms with Crippen molar-refractivity contribution in [1.29, 1.82) is 0 Å². The fraction of sp³-hybridized carbons (Fsp3) is 0.207. The summed E-state index contributed by atoms with van der Waals surface area (Å²) in [6.45, 7) is 3.06. The molecule has 0 bridgehead atoms. The van der Waals surface area contributed by atoms with Crippen LogP contribution >= 0.6 is 0 Å². The predicted molar refractivity (Wildman–Crippen MR) is 141 cm³/mol. The van der Waals surface area contributed by atoms with Crippen molar-refractivity contribution in [3.63, 3.8) is 0 Å². The van der Waals surface area contributed by atoms with E-state index in [9.17, 15) is 9.18 Å². The van der Waals surface area contributed by atoms with Crippen LogP contribution in [0.4, 0.5) is 15.8 Å². The topological polar surface area (TPSA) is 82.9 Å². The van der Waals surface area contributed by atoms with Gasteiger partial charge in [-0.2, -0.15) is 0 Å². The molecule has 1 atom stereocenters. The molecule has 0 saturated carbocycles. The number of aryl methyl sites for hydroxylation is 2. The highest BCUT2D eigenvalue weighted by Gasteiger charge is 2.22. The minimum atomic E-state index is -0.435. The Balaban J connectivity index is 1.19. The normalized spacial score (nSPS) is 15.1. The Morgan fingerprint density at radius 3 is 2.89 bits per heavy atom. The summed E-state index contributed by atoms with van der Waals surface area (Å²) in [6, 6.07) is 19.1. The van der Waals surface area contributed by atoms with Crippen LogP contribution in [-0.2, 0) is 17.6 Å². The van der Waals surface area contributed by atoms with Crippen LogP contribution in [0, 0.1) is 12.7 Å². The smallest absolute Gasteiger partial charge is 0.248 e. The molecule has 0 aliphatic heterocycles. The summed E-state index contributed by atoms with van der Waals surface area (Å²) in [4.78, 5) is 15.8. The Labute approximate surface area is 204 Å². The van der Waals surface area contributed by atoms with E-state index in [1.807, 2.05) is 6.07 Å². The number of carbonyl (C=O) groups is 1. The number of halogens is 1. The fourth-order valence-electron chi connectivity index (χ4n) is 4.98. The average molecular weight is 469 g/mol. The number of anilines is 2. The summed E-state index contributed by atoms with van der Waals surface area (Å²) in [7, 11) is 0. The van der Waals surface area contributed by atoms with Gasteiger partial charge in [0.2, 0.25) is 5.91 Å². The van der Waals surface area contributed by atoms with Crippen molar-refractivity contribution >= 4 is 34.3 Å². The lowest BCUT2D eigenvalue weighted by Crippen LogP contribution is -2.22. The Morgan fingerprint density at radius 1 is 1.17 bits per heavy atom. The van der Waals surface area contributed by atoms with Gasteiger partial charge in [0.1, 0.15) is 5.82 Å². The van der Waals surface area contributed by atoms with Gasteiger partial charge < -0.3 is 21.4 Å². The van der Waals surface area contributed by atoms with Gasteiger partial charge in [-0.15, -0.1) is 0 Å². The van der Waals surface area contributed by atoms with Gasteiger partial charge in [-0.25, -0.2) is 4.39 Å². The van der Waals surface area contributed by atoms with Crippen LogP contribution in [0.5, 0.6) is 0 Å². The number of aromatic amines is 1. The number of rotatable bonds is 7. The maximum Gasteiger partial charge on any atom is 0.248 e. The molecule has 5 rings (SSSR count).